The number of carbonyl (C=O) groups excluding carboxylic acids is 2. The van der Waals surface area contributed by atoms with Crippen LogP contribution in [0.15, 0.2) is 48.0 Å². The van der Waals surface area contributed by atoms with Crippen LogP contribution in [0.3, 0.4) is 0 Å². The number of ketones is 1. The number of methoxy groups -OCH3 is 1. The molecule has 212 valence electrons. The van der Waals surface area contributed by atoms with E-state index >= 15 is 0 Å². The summed E-state index contributed by atoms with van der Waals surface area (Å²) in [7, 11) is 1.55. The number of aliphatic hydroxyl groups is 1. The Labute approximate surface area is 231 Å². The summed E-state index contributed by atoms with van der Waals surface area (Å²) in [5, 5.41) is 11.4. The van der Waals surface area contributed by atoms with Crippen LogP contribution in [0, 0.1) is 0 Å². The number of hydrogen-bond acceptors (Lipinski definition) is 7. The van der Waals surface area contributed by atoms with Gasteiger partial charge in [-0.05, 0) is 75.6 Å². The number of amides is 1. The van der Waals surface area contributed by atoms with Crippen molar-refractivity contribution in [2.75, 3.05) is 33.5 Å². The normalized spacial score (nSPS) is 16.7. The number of benzene rings is 2. The fraction of sp³-hybridized carbons (Fsp3) is 0.484. The Morgan fingerprint density at radius 3 is 2.33 bits per heavy atom. The molecule has 0 aliphatic carbocycles. The number of rotatable bonds is 15. The third-order valence-corrected chi connectivity index (χ3v) is 6.48. The minimum Gasteiger partial charge on any atom is -0.507 e. The third-order valence-electron chi connectivity index (χ3n) is 6.48. The predicted octanol–water partition coefficient (Wildman–Crippen LogP) is 5.90. The first-order valence-electron chi connectivity index (χ1n) is 13.8. The minimum atomic E-state index is -0.792. The van der Waals surface area contributed by atoms with Gasteiger partial charge in [-0.15, -0.1) is 0 Å². The van der Waals surface area contributed by atoms with E-state index in [-0.39, 0.29) is 17.4 Å². The highest BCUT2D eigenvalue weighted by Crippen LogP contribution is 2.42. The maximum Gasteiger partial charge on any atom is 0.295 e. The molecule has 1 amide bonds. The van der Waals surface area contributed by atoms with Crippen LogP contribution in [0.25, 0.3) is 5.76 Å². The molecule has 1 saturated heterocycles. The molecule has 0 radical (unpaired) electrons. The summed E-state index contributed by atoms with van der Waals surface area (Å²) in [6, 6.07) is 11.4. The van der Waals surface area contributed by atoms with E-state index in [2.05, 4.69) is 6.92 Å². The fourth-order valence-electron chi connectivity index (χ4n) is 4.55. The number of unbranched alkanes of at least 4 members (excludes halogenated alkanes) is 2. The average Bonchev–Trinajstić information content (AvgIpc) is 3.18. The Bertz CT molecular complexity index is 1140. The van der Waals surface area contributed by atoms with E-state index in [1.165, 1.54) is 4.90 Å². The van der Waals surface area contributed by atoms with Crippen molar-refractivity contribution in [2.45, 2.75) is 65.5 Å². The molecule has 1 unspecified atom stereocenters. The molecule has 2 aromatic rings. The standard InChI is InChI=1S/C31H41NO7/c1-6-8-9-18-39-24-14-11-22(12-15-24)29(33)27-28(23-13-16-25(36-5)26(20-23)37-7-2)32(31(35)30(27)34)17-10-19-38-21(3)4/h11-16,20-21,28,33H,6-10,17-19H2,1-5H3/b29-27-. The second kappa shape index (κ2) is 14.6. The molecular weight excluding hydrogens is 498 g/mol. The molecule has 1 heterocycles. The number of likely N-dealkylation sites (tertiary alicyclic amines) is 1. The number of hydrogen-bond donors (Lipinski definition) is 1. The molecule has 0 bridgehead atoms. The summed E-state index contributed by atoms with van der Waals surface area (Å²) in [6.07, 6.45) is 3.78. The first kappa shape index (κ1) is 30.0. The fourth-order valence-corrected chi connectivity index (χ4v) is 4.55. The molecule has 2 aromatic carbocycles. The van der Waals surface area contributed by atoms with Gasteiger partial charge >= 0.3 is 0 Å². The molecule has 0 spiro atoms. The lowest BCUT2D eigenvalue weighted by molar-refractivity contribution is -0.140. The van der Waals surface area contributed by atoms with Crippen LogP contribution in [0.1, 0.15) is 70.5 Å². The van der Waals surface area contributed by atoms with E-state index in [0.717, 1.165) is 19.3 Å². The lowest BCUT2D eigenvalue weighted by Crippen LogP contribution is -2.31. The largest absolute Gasteiger partial charge is 0.507 e. The zero-order valence-electron chi connectivity index (χ0n) is 23.7. The highest BCUT2D eigenvalue weighted by Gasteiger charge is 2.46. The van der Waals surface area contributed by atoms with Crippen LogP contribution >= 0.6 is 0 Å². The van der Waals surface area contributed by atoms with Gasteiger partial charge < -0.3 is 29.0 Å². The van der Waals surface area contributed by atoms with Crippen molar-refractivity contribution in [3.63, 3.8) is 0 Å². The molecule has 1 aliphatic rings. The van der Waals surface area contributed by atoms with Crippen molar-refractivity contribution in [1.82, 2.24) is 4.90 Å². The molecule has 1 atom stereocenters. The first-order valence-corrected chi connectivity index (χ1v) is 13.8. The van der Waals surface area contributed by atoms with Gasteiger partial charge in [0.15, 0.2) is 11.5 Å². The topological polar surface area (TPSA) is 94.5 Å². The Kier molecular flexibility index (Phi) is 11.2. The molecule has 0 saturated carbocycles. The number of ether oxygens (including phenoxy) is 4. The molecular formula is C31H41NO7. The summed E-state index contributed by atoms with van der Waals surface area (Å²) >= 11 is 0. The van der Waals surface area contributed by atoms with E-state index in [1.807, 2.05) is 20.8 Å². The number of Topliss-reactive ketones (excluding diaryl/α,β-unsaturated/α-hetero) is 1. The SMILES string of the molecule is CCCCCOc1ccc(/C(O)=C2/C(=O)C(=O)N(CCCOC(C)C)C2c2ccc(OC)c(OCC)c2)cc1. The predicted molar refractivity (Wildman–Crippen MR) is 150 cm³/mol. The summed E-state index contributed by atoms with van der Waals surface area (Å²) < 4.78 is 22.6. The third kappa shape index (κ3) is 7.53. The van der Waals surface area contributed by atoms with E-state index in [0.29, 0.717) is 61.2 Å². The molecule has 1 aliphatic heterocycles. The van der Waals surface area contributed by atoms with Crippen LogP contribution in [0.2, 0.25) is 0 Å². The van der Waals surface area contributed by atoms with Crippen molar-refractivity contribution < 1.29 is 33.6 Å². The zero-order valence-corrected chi connectivity index (χ0v) is 23.7. The van der Waals surface area contributed by atoms with Gasteiger partial charge in [-0.2, -0.15) is 0 Å². The van der Waals surface area contributed by atoms with Gasteiger partial charge in [0, 0.05) is 18.7 Å². The Balaban J connectivity index is 1.99. The van der Waals surface area contributed by atoms with Crippen LogP contribution < -0.4 is 14.2 Å². The van der Waals surface area contributed by atoms with Crippen molar-refractivity contribution in [3.8, 4) is 17.2 Å². The Hall–Kier alpha value is -3.52. The van der Waals surface area contributed by atoms with E-state index in [4.69, 9.17) is 18.9 Å². The molecule has 1 N–H and O–H groups in total. The van der Waals surface area contributed by atoms with Gasteiger partial charge in [0.25, 0.3) is 11.7 Å². The van der Waals surface area contributed by atoms with Crippen molar-refractivity contribution in [2.24, 2.45) is 0 Å². The lowest BCUT2D eigenvalue weighted by atomic mass is 9.95. The van der Waals surface area contributed by atoms with Gasteiger partial charge in [0.05, 0.1) is 38.0 Å². The molecule has 1 fully saturated rings. The van der Waals surface area contributed by atoms with E-state index in [9.17, 15) is 14.7 Å². The quantitative estimate of drug-likeness (QED) is 0.130. The van der Waals surface area contributed by atoms with Crippen molar-refractivity contribution >= 4 is 17.4 Å². The number of aliphatic hydroxyl groups excluding tert-OH is 1. The molecule has 8 heteroatoms. The summed E-state index contributed by atoms with van der Waals surface area (Å²) in [5.41, 5.74) is 1.11. The molecule has 3 rings (SSSR count). The highest BCUT2D eigenvalue weighted by molar-refractivity contribution is 6.46. The van der Waals surface area contributed by atoms with Crippen LogP contribution in [-0.4, -0.2) is 61.3 Å². The monoisotopic (exact) mass is 539 g/mol. The molecule has 0 aromatic heterocycles. The van der Waals surface area contributed by atoms with Crippen LogP contribution in [0.5, 0.6) is 17.2 Å². The Morgan fingerprint density at radius 2 is 1.69 bits per heavy atom. The zero-order chi connectivity index (χ0) is 28.4. The van der Waals surface area contributed by atoms with E-state index in [1.54, 1.807) is 49.6 Å². The maximum absolute atomic E-state index is 13.3. The van der Waals surface area contributed by atoms with Gasteiger partial charge in [-0.3, -0.25) is 9.59 Å². The van der Waals surface area contributed by atoms with Crippen LogP contribution in [0.4, 0.5) is 0 Å². The lowest BCUT2D eigenvalue weighted by Gasteiger charge is -2.26. The highest BCUT2D eigenvalue weighted by atomic mass is 16.5. The molecule has 39 heavy (non-hydrogen) atoms. The average molecular weight is 540 g/mol. The first-order chi connectivity index (χ1) is 18.8. The van der Waals surface area contributed by atoms with Gasteiger partial charge in [0.1, 0.15) is 11.5 Å². The van der Waals surface area contributed by atoms with Gasteiger partial charge in [-0.25, -0.2) is 0 Å². The van der Waals surface area contributed by atoms with E-state index < -0.39 is 17.7 Å². The van der Waals surface area contributed by atoms with Crippen molar-refractivity contribution in [1.29, 1.82) is 0 Å². The smallest absolute Gasteiger partial charge is 0.295 e. The second-order valence-electron chi connectivity index (χ2n) is 9.69. The maximum atomic E-state index is 13.3. The van der Waals surface area contributed by atoms with Gasteiger partial charge in [0.2, 0.25) is 0 Å². The summed E-state index contributed by atoms with van der Waals surface area (Å²) in [5.74, 6) is 0.104. The molecule has 8 nitrogen and oxygen atoms in total. The van der Waals surface area contributed by atoms with Crippen molar-refractivity contribution in [3.05, 3.63) is 59.2 Å². The second-order valence-corrected chi connectivity index (χ2v) is 9.69. The van der Waals surface area contributed by atoms with Gasteiger partial charge in [-0.1, -0.05) is 25.8 Å². The summed E-state index contributed by atoms with van der Waals surface area (Å²) in [4.78, 5) is 28.1. The minimum absolute atomic E-state index is 0.0361. The van der Waals surface area contributed by atoms with Crippen LogP contribution in [-0.2, 0) is 14.3 Å². The Morgan fingerprint density at radius 1 is 0.949 bits per heavy atom. The number of nitrogens with zero attached hydrogens (tertiary/aromatic N) is 1. The number of carbonyl (C=O) groups is 2. The summed E-state index contributed by atoms with van der Waals surface area (Å²) in [6.45, 7) is 9.66.